The summed E-state index contributed by atoms with van der Waals surface area (Å²) in [6.07, 6.45) is 2.18. The maximum atomic E-state index is 13.7. The van der Waals surface area contributed by atoms with E-state index >= 15 is 0 Å². The van der Waals surface area contributed by atoms with Crippen LogP contribution in [0.3, 0.4) is 0 Å². The predicted octanol–water partition coefficient (Wildman–Crippen LogP) is 2.97. The Labute approximate surface area is 195 Å². The Morgan fingerprint density at radius 2 is 1.73 bits per heavy atom. The van der Waals surface area contributed by atoms with Crippen LogP contribution in [-0.4, -0.2) is 56.6 Å². The standard InChI is InChI=1S/C24H32FN3O4S/c1-5-18(2)26-24(30)19(3)27(15-14-20-10-7-6-8-11-20)23(29)17-28(33(4,31)32)22-13-9-12-21(25)16-22/h6-13,16,18-19H,5,14-15,17H2,1-4H3,(H,26,30). The third-order valence-electron chi connectivity index (χ3n) is 5.43. The van der Waals surface area contributed by atoms with Crippen molar-refractivity contribution in [3.8, 4) is 0 Å². The van der Waals surface area contributed by atoms with Gasteiger partial charge in [-0.25, -0.2) is 12.8 Å². The van der Waals surface area contributed by atoms with Gasteiger partial charge >= 0.3 is 0 Å². The lowest BCUT2D eigenvalue weighted by atomic mass is 10.1. The van der Waals surface area contributed by atoms with E-state index in [9.17, 15) is 22.4 Å². The summed E-state index contributed by atoms with van der Waals surface area (Å²) in [7, 11) is -3.88. The number of carbonyl (C=O) groups excluding carboxylic acids is 2. The monoisotopic (exact) mass is 477 g/mol. The molecular weight excluding hydrogens is 445 g/mol. The largest absolute Gasteiger partial charge is 0.352 e. The van der Waals surface area contributed by atoms with Gasteiger partial charge in [-0.05, 0) is 50.5 Å². The molecule has 2 rings (SSSR count). The van der Waals surface area contributed by atoms with Crippen molar-refractivity contribution in [1.29, 1.82) is 0 Å². The molecule has 7 nitrogen and oxygen atoms in total. The van der Waals surface area contributed by atoms with Gasteiger partial charge in [0.15, 0.2) is 0 Å². The summed E-state index contributed by atoms with van der Waals surface area (Å²) in [5.41, 5.74) is 1.03. The molecule has 2 aromatic rings. The second kappa shape index (κ2) is 11.8. The molecule has 2 amide bonds. The molecule has 0 aliphatic rings. The van der Waals surface area contributed by atoms with Crippen molar-refractivity contribution in [1.82, 2.24) is 10.2 Å². The fourth-order valence-electron chi connectivity index (χ4n) is 3.28. The molecule has 0 aliphatic heterocycles. The van der Waals surface area contributed by atoms with Gasteiger partial charge in [0, 0.05) is 12.6 Å². The summed E-state index contributed by atoms with van der Waals surface area (Å²) in [4.78, 5) is 27.5. The molecule has 0 aromatic heterocycles. The maximum Gasteiger partial charge on any atom is 0.244 e. The molecule has 0 radical (unpaired) electrons. The van der Waals surface area contributed by atoms with E-state index in [-0.39, 0.29) is 24.2 Å². The Morgan fingerprint density at radius 3 is 2.30 bits per heavy atom. The second-order valence-electron chi connectivity index (χ2n) is 8.07. The average molecular weight is 478 g/mol. The highest BCUT2D eigenvalue weighted by Crippen LogP contribution is 2.19. The van der Waals surface area contributed by atoms with Crippen molar-refractivity contribution >= 4 is 27.5 Å². The number of amides is 2. The van der Waals surface area contributed by atoms with Gasteiger partial charge in [-0.3, -0.25) is 13.9 Å². The van der Waals surface area contributed by atoms with E-state index < -0.39 is 34.3 Å². The van der Waals surface area contributed by atoms with Crippen LogP contribution in [0, 0.1) is 5.82 Å². The van der Waals surface area contributed by atoms with Gasteiger partial charge < -0.3 is 10.2 Å². The first-order chi connectivity index (χ1) is 15.5. The Balaban J connectivity index is 2.30. The van der Waals surface area contributed by atoms with Gasteiger partial charge in [-0.1, -0.05) is 43.3 Å². The van der Waals surface area contributed by atoms with Gasteiger partial charge in [0.05, 0.1) is 11.9 Å². The third kappa shape index (κ3) is 7.85. The maximum absolute atomic E-state index is 13.7. The lowest BCUT2D eigenvalue weighted by Gasteiger charge is -2.32. The zero-order valence-electron chi connectivity index (χ0n) is 19.5. The first-order valence-corrected chi connectivity index (χ1v) is 12.7. The number of hydrogen-bond acceptors (Lipinski definition) is 4. The molecule has 2 atom stereocenters. The third-order valence-corrected chi connectivity index (χ3v) is 6.57. The second-order valence-corrected chi connectivity index (χ2v) is 9.97. The molecule has 2 aromatic carbocycles. The number of carbonyl (C=O) groups is 2. The number of hydrogen-bond donors (Lipinski definition) is 1. The van der Waals surface area contributed by atoms with E-state index in [0.717, 1.165) is 28.6 Å². The van der Waals surface area contributed by atoms with Gasteiger partial charge in [0.2, 0.25) is 21.8 Å². The molecule has 180 valence electrons. The Hall–Kier alpha value is -2.94. The summed E-state index contributed by atoms with van der Waals surface area (Å²) in [5, 5.41) is 2.87. The van der Waals surface area contributed by atoms with E-state index in [4.69, 9.17) is 0 Å². The van der Waals surface area contributed by atoms with Crippen LogP contribution < -0.4 is 9.62 Å². The van der Waals surface area contributed by atoms with Crippen molar-refractivity contribution in [2.75, 3.05) is 23.7 Å². The lowest BCUT2D eigenvalue weighted by molar-refractivity contribution is -0.139. The van der Waals surface area contributed by atoms with E-state index in [0.29, 0.717) is 6.42 Å². The topological polar surface area (TPSA) is 86.8 Å². The van der Waals surface area contributed by atoms with Gasteiger partial charge in [0.1, 0.15) is 18.4 Å². The Morgan fingerprint density at radius 1 is 1.06 bits per heavy atom. The van der Waals surface area contributed by atoms with Crippen molar-refractivity contribution in [3.63, 3.8) is 0 Å². The quantitative estimate of drug-likeness (QED) is 0.539. The molecule has 0 spiro atoms. The molecule has 9 heteroatoms. The van der Waals surface area contributed by atoms with Crippen molar-refractivity contribution < 1.29 is 22.4 Å². The fourth-order valence-corrected chi connectivity index (χ4v) is 4.12. The molecule has 0 bridgehead atoms. The van der Waals surface area contributed by atoms with Crippen molar-refractivity contribution in [2.24, 2.45) is 0 Å². The highest BCUT2D eigenvalue weighted by atomic mass is 32.2. The van der Waals surface area contributed by atoms with E-state index in [1.165, 1.54) is 23.1 Å². The molecule has 33 heavy (non-hydrogen) atoms. The van der Waals surface area contributed by atoms with Crippen molar-refractivity contribution in [2.45, 2.75) is 45.7 Å². The minimum atomic E-state index is -3.88. The van der Waals surface area contributed by atoms with Crippen LogP contribution >= 0.6 is 0 Å². The number of benzene rings is 2. The van der Waals surface area contributed by atoms with Crippen LogP contribution in [0.2, 0.25) is 0 Å². The number of anilines is 1. The van der Waals surface area contributed by atoms with Crippen LogP contribution in [-0.2, 0) is 26.0 Å². The molecule has 0 heterocycles. The Bertz CT molecular complexity index is 1050. The minimum Gasteiger partial charge on any atom is -0.352 e. The van der Waals surface area contributed by atoms with Gasteiger partial charge in [-0.15, -0.1) is 0 Å². The molecule has 0 aliphatic carbocycles. The molecular formula is C24H32FN3O4S. The summed E-state index contributed by atoms with van der Waals surface area (Å²) in [6.45, 7) is 5.11. The van der Waals surface area contributed by atoms with E-state index in [1.54, 1.807) is 6.92 Å². The number of nitrogens with one attached hydrogen (secondary N) is 1. The molecule has 0 fully saturated rings. The fraction of sp³-hybridized carbons (Fsp3) is 0.417. The summed E-state index contributed by atoms with van der Waals surface area (Å²) >= 11 is 0. The molecule has 0 saturated heterocycles. The Kier molecular flexibility index (Phi) is 9.40. The molecule has 2 unspecified atom stereocenters. The smallest absolute Gasteiger partial charge is 0.244 e. The zero-order valence-corrected chi connectivity index (χ0v) is 20.3. The minimum absolute atomic E-state index is 0.0468. The van der Waals surface area contributed by atoms with Crippen molar-refractivity contribution in [3.05, 3.63) is 66.0 Å². The lowest BCUT2D eigenvalue weighted by Crippen LogP contribution is -2.53. The average Bonchev–Trinajstić information content (AvgIpc) is 2.77. The molecule has 1 N–H and O–H groups in total. The van der Waals surface area contributed by atoms with Crippen LogP contribution in [0.15, 0.2) is 54.6 Å². The van der Waals surface area contributed by atoms with Gasteiger partial charge in [-0.2, -0.15) is 0 Å². The van der Waals surface area contributed by atoms with Crippen LogP contribution in [0.1, 0.15) is 32.8 Å². The highest BCUT2D eigenvalue weighted by molar-refractivity contribution is 7.92. The SMILES string of the molecule is CCC(C)NC(=O)C(C)N(CCc1ccccc1)C(=O)CN(c1cccc(F)c1)S(C)(=O)=O. The van der Waals surface area contributed by atoms with Gasteiger partial charge in [0.25, 0.3) is 0 Å². The first kappa shape index (κ1) is 26.3. The highest BCUT2D eigenvalue weighted by Gasteiger charge is 2.30. The van der Waals surface area contributed by atoms with E-state index in [1.807, 2.05) is 44.2 Å². The number of nitrogens with zero attached hydrogens (tertiary/aromatic N) is 2. The number of rotatable bonds is 11. The summed E-state index contributed by atoms with van der Waals surface area (Å²) in [6, 6.07) is 13.7. The molecule has 0 saturated carbocycles. The number of sulfonamides is 1. The summed E-state index contributed by atoms with van der Waals surface area (Å²) < 4.78 is 39.4. The first-order valence-electron chi connectivity index (χ1n) is 10.9. The predicted molar refractivity (Wildman–Crippen MR) is 128 cm³/mol. The van der Waals surface area contributed by atoms with E-state index in [2.05, 4.69) is 5.32 Å². The normalized spacial score (nSPS) is 13.1. The summed E-state index contributed by atoms with van der Waals surface area (Å²) in [5.74, 6) is -1.48. The zero-order chi connectivity index (χ0) is 24.6. The van der Waals surface area contributed by atoms with Crippen LogP contribution in [0.25, 0.3) is 0 Å². The van der Waals surface area contributed by atoms with Crippen LogP contribution in [0.5, 0.6) is 0 Å². The van der Waals surface area contributed by atoms with Crippen LogP contribution in [0.4, 0.5) is 10.1 Å². The number of halogens is 1.